The lowest BCUT2D eigenvalue weighted by Crippen LogP contribution is -2.49. The topological polar surface area (TPSA) is 147 Å². The Morgan fingerprint density at radius 1 is 1.10 bits per heavy atom. The van der Waals surface area contributed by atoms with E-state index in [0.29, 0.717) is 24.3 Å². The third kappa shape index (κ3) is 6.23. The Labute approximate surface area is 248 Å². The van der Waals surface area contributed by atoms with Gasteiger partial charge in [0.2, 0.25) is 11.8 Å². The van der Waals surface area contributed by atoms with Gasteiger partial charge < -0.3 is 30.7 Å². The zero-order chi connectivity index (χ0) is 30.0. The molecule has 42 heavy (non-hydrogen) atoms. The molecule has 1 spiro atoms. The lowest BCUT2D eigenvalue weighted by Gasteiger charge is -2.25. The predicted octanol–water partition coefficient (Wildman–Crippen LogP) is 3.27. The van der Waals surface area contributed by atoms with Crippen LogP contribution in [-0.4, -0.2) is 66.6 Å². The molecular formula is C31H35N5O5S. The van der Waals surface area contributed by atoms with Crippen molar-refractivity contribution in [3.05, 3.63) is 81.0 Å². The standard InChI is InChI=1S/C31H35N5O5S/c1-18-4-9-24(19(2)12-18)21-5-7-22(8-6-21)29(38)34-15-27(37)36-17-31(40-10-11-41-31)14-25(36)30(39)35-20(3)26-13-23(16-42-26)28(32)33/h4-9,12-13,16,20,25H,10-11,14-15,17H2,1-3H3,(H3,32,33)(H,34,38)(H,35,39)/t20?,25-/m0/s1. The number of nitrogens with one attached hydrogen (secondary N) is 3. The molecule has 2 aliphatic rings. The Hall–Kier alpha value is -4.06. The van der Waals surface area contributed by atoms with E-state index in [2.05, 4.69) is 35.8 Å². The minimum Gasteiger partial charge on any atom is -0.384 e. The normalized spacial score (nSPS) is 18.2. The van der Waals surface area contributed by atoms with Gasteiger partial charge in [-0.15, -0.1) is 11.3 Å². The predicted molar refractivity (Wildman–Crippen MR) is 160 cm³/mol. The van der Waals surface area contributed by atoms with E-state index in [-0.39, 0.29) is 43.2 Å². The van der Waals surface area contributed by atoms with Crippen LogP contribution in [0.25, 0.3) is 11.1 Å². The summed E-state index contributed by atoms with van der Waals surface area (Å²) in [5.74, 6) is -2.22. The molecule has 3 aromatic rings. The lowest BCUT2D eigenvalue weighted by atomic mass is 9.98. The van der Waals surface area contributed by atoms with E-state index < -0.39 is 17.7 Å². The average molecular weight is 590 g/mol. The number of hydrogen-bond donors (Lipinski definition) is 4. The highest BCUT2D eigenvalue weighted by Crippen LogP contribution is 2.35. The van der Waals surface area contributed by atoms with Crippen molar-refractivity contribution in [2.75, 3.05) is 26.3 Å². The van der Waals surface area contributed by atoms with Crippen LogP contribution < -0.4 is 16.4 Å². The summed E-state index contributed by atoms with van der Waals surface area (Å²) in [7, 11) is 0. The van der Waals surface area contributed by atoms with Gasteiger partial charge in [-0.3, -0.25) is 19.8 Å². The Kier molecular flexibility index (Phi) is 8.44. The summed E-state index contributed by atoms with van der Waals surface area (Å²) in [6.07, 6.45) is 0.189. The summed E-state index contributed by atoms with van der Waals surface area (Å²) in [6.45, 7) is 6.51. The average Bonchev–Trinajstić information content (AvgIpc) is 3.72. The van der Waals surface area contributed by atoms with E-state index in [4.69, 9.17) is 20.6 Å². The number of carbonyl (C=O) groups excluding carboxylic acids is 3. The first-order valence-electron chi connectivity index (χ1n) is 13.8. The molecule has 2 atom stereocenters. The van der Waals surface area contributed by atoms with Gasteiger partial charge in [-0.1, -0.05) is 35.9 Å². The summed E-state index contributed by atoms with van der Waals surface area (Å²) < 4.78 is 11.6. The molecule has 5 rings (SSSR count). The van der Waals surface area contributed by atoms with Crippen LogP contribution in [-0.2, 0) is 19.1 Å². The minimum atomic E-state index is -1.04. The van der Waals surface area contributed by atoms with Crippen LogP contribution >= 0.6 is 11.3 Å². The summed E-state index contributed by atoms with van der Waals surface area (Å²) >= 11 is 1.39. The van der Waals surface area contributed by atoms with E-state index in [9.17, 15) is 14.4 Å². The number of aryl methyl sites for hydroxylation is 2. The second-order valence-corrected chi connectivity index (χ2v) is 11.8. The summed E-state index contributed by atoms with van der Waals surface area (Å²) in [5, 5.41) is 15.0. The number of ether oxygens (including phenoxy) is 2. The second-order valence-electron chi connectivity index (χ2n) is 10.8. The molecule has 3 amide bonds. The van der Waals surface area contributed by atoms with Crippen LogP contribution in [0.4, 0.5) is 0 Å². The number of hydrogen-bond acceptors (Lipinski definition) is 7. The molecule has 0 radical (unpaired) electrons. The fourth-order valence-electron chi connectivity index (χ4n) is 5.44. The fraction of sp³-hybridized carbons (Fsp3) is 0.355. The smallest absolute Gasteiger partial charge is 0.251 e. The Balaban J connectivity index is 1.23. The lowest BCUT2D eigenvalue weighted by molar-refractivity contribution is -0.152. The third-order valence-corrected chi connectivity index (χ3v) is 8.80. The van der Waals surface area contributed by atoms with Crippen LogP contribution in [0.5, 0.6) is 0 Å². The molecule has 0 aliphatic carbocycles. The maximum absolute atomic E-state index is 13.4. The molecule has 0 saturated carbocycles. The van der Waals surface area contributed by atoms with Gasteiger partial charge in [-0.05, 0) is 55.7 Å². The number of rotatable bonds is 8. The molecule has 1 aromatic heterocycles. The van der Waals surface area contributed by atoms with E-state index >= 15 is 0 Å². The molecular weight excluding hydrogens is 554 g/mol. The van der Waals surface area contributed by atoms with E-state index in [1.807, 2.05) is 26.0 Å². The zero-order valence-corrected chi connectivity index (χ0v) is 24.7. The molecule has 2 saturated heterocycles. The Bertz CT molecular complexity index is 1510. The number of nitrogens with zero attached hydrogens (tertiary/aromatic N) is 1. The molecule has 2 aromatic carbocycles. The van der Waals surface area contributed by atoms with Crippen LogP contribution in [0.1, 0.15) is 51.3 Å². The first kappa shape index (κ1) is 29.4. The first-order valence-corrected chi connectivity index (χ1v) is 14.7. The number of amides is 3. The Morgan fingerprint density at radius 3 is 2.45 bits per heavy atom. The van der Waals surface area contributed by atoms with Gasteiger partial charge in [0.1, 0.15) is 11.9 Å². The molecule has 220 valence electrons. The highest BCUT2D eigenvalue weighted by Gasteiger charge is 2.52. The summed E-state index contributed by atoms with van der Waals surface area (Å²) in [4.78, 5) is 41.9. The number of nitrogens with two attached hydrogens (primary N) is 1. The van der Waals surface area contributed by atoms with Crippen molar-refractivity contribution in [2.45, 2.75) is 45.1 Å². The third-order valence-electron chi connectivity index (χ3n) is 7.68. The highest BCUT2D eigenvalue weighted by molar-refractivity contribution is 7.10. The van der Waals surface area contributed by atoms with Gasteiger partial charge >= 0.3 is 0 Å². The molecule has 2 aliphatic heterocycles. The zero-order valence-electron chi connectivity index (χ0n) is 23.9. The number of nitrogen functional groups attached to an aromatic ring is 1. The molecule has 2 fully saturated rings. The van der Waals surface area contributed by atoms with Gasteiger partial charge in [0.15, 0.2) is 5.79 Å². The van der Waals surface area contributed by atoms with Crippen molar-refractivity contribution >= 4 is 34.9 Å². The number of amidine groups is 1. The van der Waals surface area contributed by atoms with Crippen LogP contribution in [0.3, 0.4) is 0 Å². The molecule has 0 bridgehead atoms. The van der Waals surface area contributed by atoms with Crippen molar-refractivity contribution in [1.82, 2.24) is 15.5 Å². The quantitative estimate of drug-likeness (QED) is 0.234. The largest absolute Gasteiger partial charge is 0.384 e. The van der Waals surface area contributed by atoms with Gasteiger partial charge in [0.05, 0.1) is 32.3 Å². The number of benzene rings is 2. The first-order chi connectivity index (χ1) is 20.0. The van der Waals surface area contributed by atoms with Gasteiger partial charge in [0, 0.05) is 27.8 Å². The van der Waals surface area contributed by atoms with Gasteiger partial charge in [-0.25, -0.2) is 0 Å². The van der Waals surface area contributed by atoms with Crippen molar-refractivity contribution in [1.29, 1.82) is 5.41 Å². The maximum Gasteiger partial charge on any atom is 0.251 e. The van der Waals surface area contributed by atoms with Gasteiger partial charge in [0.25, 0.3) is 5.91 Å². The van der Waals surface area contributed by atoms with E-state index in [1.54, 1.807) is 23.6 Å². The van der Waals surface area contributed by atoms with Crippen molar-refractivity contribution in [3.63, 3.8) is 0 Å². The van der Waals surface area contributed by atoms with Crippen LogP contribution in [0.2, 0.25) is 0 Å². The van der Waals surface area contributed by atoms with E-state index in [0.717, 1.165) is 21.6 Å². The van der Waals surface area contributed by atoms with Crippen LogP contribution in [0, 0.1) is 19.3 Å². The highest BCUT2D eigenvalue weighted by atomic mass is 32.1. The monoisotopic (exact) mass is 589 g/mol. The molecule has 3 heterocycles. The Morgan fingerprint density at radius 2 is 1.81 bits per heavy atom. The second kappa shape index (κ2) is 12.0. The molecule has 11 heteroatoms. The number of likely N-dealkylation sites (tertiary alicyclic amines) is 1. The molecule has 1 unspecified atom stereocenters. The number of carbonyl (C=O) groups is 3. The fourth-order valence-corrected chi connectivity index (χ4v) is 6.36. The van der Waals surface area contributed by atoms with Crippen molar-refractivity contribution in [3.8, 4) is 11.1 Å². The van der Waals surface area contributed by atoms with Crippen LogP contribution in [0.15, 0.2) is 53.9 Å². The summed E-state index contributed by atoms with van der Waals surface area (Å²) in [5.41, 5.74) is 11.0. The van der Waals surface area contributed by atoms with E-state index in [1.165, 1.54) is 21.8 Å². The summed E-state index contributed by atoms with van der Waals surface area (Å²) in [6, 6.07) is 14.1. The van der Waals surface area contributed by atoms with Crippen molar-refractivity contribution in [2.24, 2.45) is 5.73 Å². The molecule has 5 N–H and O–H groups in total. The number of thiophene rings is 1. The maximum atomic E-state index is 13.4. The molecule has 10 nitrogen and oxygen atoms in total. The minimum absolute atomic E-state index is 0.0413. The SMILES string of the molecule is Cc1ccc(-c2ccc(C(=O)NCC(=O)N3CC4(C[C@H]3C(=O)NC(C)c3cc(C(=N)N)cs3)OCCO4)cc2)c(C)c1. The van der Waals surface area contributed by atoms with Gasteiger partial charge in [-0.2, -0.15) is 0 Å². The van der Waals surface area contributed by atoms with Crippen molar-refractivity contribution < 1.29 is 23.9 Å².